The smallest absolute Gasteiger partial charge is 0.377 e. The van der Waals surface area contributed by atoms with Crippen LogP contribution in [0.15, 0.2) is 16.8 Å². The number of hydrogen-bond donors (Lipinski definition) is 1. The summed E-state index contributed by atoms with van der Waals surface area (Å²) in [6.45, 7) is 0. The average molecular weight is 194 g/mol. The largest absolute Gasteiger partial charge is 0.475 e. The van der Waals surface area contributed by atoms with Crippen molar-refractivity contribution in [3.05, 3.63) is 18.1 Å². The molecule has 0 saturated carbocycles. The lowest BCUT2D eigenvalue weighted by molar-refractivity contribution is 0.0680. The van der Waals surface area contributed by atoms with Gasteiger partial charge < -0.3 is 9.63 Å². The third kappa shape index (κ3) is 1.24. The van der Waals surface area contributed by atoms with Gasteiger partial charge in [-0.3, -0.25) is 4.68 Å². The molecule has 0 radical (unpaired) electrons. The summed E-state index contributed by atoms with van der Waals surface area (Å²) in [6, 6.07) is 1.65. The number of carboxylic acids is 1. The minimum atomic E-state index is -1.22. The van der Waals surface area contributed by atoms with Gasteiger partial charge in [0, 0.05) is 13.2 Å². The summed E-state index contributed by atoms with van der Waals surface area (Å²) in [5.74, 6) is -1.44. The summed E-state index contributed by atoms with van der Waals surface area (Å²) in [7, 11) is 1.69. The molecule has 0 bridgehead atoms. The predicted molar refractivity (Wildman–Crippen MR) is 43.5 cm³/mol. The summed E-state index contributed by atoms with van der Waals surface area (Å²) < 4.78 is 6.26. The van der Waals surface area contributed by atoms with Crippen LogP contribution in [0.2, 0.25) is 0 Å². The van der Waals surface area contributed by atoms with Crippen molar-refractivity contribution in [2.75, 3.05) is 0 Å². The molecular formula is C7H6N4O3. The van der Waals surface area contributed by atoms with E-state index in [0.717, 1.165) is 0 Å². The lowest BCUT2D eigenvalue weighted by Crippen LogP contribution is -1.99. The minimum absolute atomic E-state index is 0.141. The van der Waals surface area contributed by atoms with E-state index in [0.29, 0.717) is 5.69 Å². The van der Waals surface area contributed by atoms with Crippen LogP contribution in [0.5, 0.6) is 0 Å². The van der Waals surface area contributed by atoms with E-state index >= 15 is 0 Å². The van der Waals surface area contributed by atoms with Crippen molar-refractivity contribution in [1.29, 1.82) is 0 Å². The summed E-state index contributed by atoms with van der Waals surface area (Å²) >= 11 is 0. The number of aromatic nitrogens is 4. The highest BCUT2D eigenvalue weighted by molar-refractivity contribution is 5.83. The molecule has 7 nitrogen and oxygen atoms in total. The van der Waals surface area contributed by atoms with Gasteiger partial charge in [0.15, 0.2) is 0 Å². The van der Waals surface area contributed by atoms with Crippen LogP contribution in [0.4, 0.5) is 0 Å². The standard InChI is InChI=1S/C7H6N4O3/c1-11-4(2-3-8-11)6-9-5(7(12)13)10-14-6/h2-3H,1H3,(H,12,13). The fourth-order valence-electron chi connectivity index (χ4n) is 0.998. The highest BCUT2D eigenvalue weighted by Crippen LogP contribution is 2.14. The maximum Gasteiger partial charge on any atom is 0.377 e. The minimum Gasteiger partial charge on any atom is -0.475 e. The first-order valence-electron chi connectivity index (χ1n) is 3.74. The molecule has 0 unspecified atom stereocenters. The van der Waals surface area contributed by atoms with Crippen LogP contribution in [0.1, 0.15) is 10.6 Å². The lowest BCUT2D eigenvalue weighted by Gasteiger charge is -1.92. The molecule has 0 aliphatic heterocycles. The van der Waals surface area contributed by atoms with Crippen LogP contribution in [0.3, 0.4) is 0 Å². The molecule has 7 heteroatoms. The first kappa shape index (κ1) is 8.42. The molecule has 0 aliphatic carbocycles. The van der Waals surface area contributed by atoms with E-state index in [9.17, 15) is 4.79 Å². The number of hydrogen-bond acceptors (Lipinski definition) is 5. The summed E-state index contributed by atoms with van der Waals surface area (Å²) in [5, 5.41) is 15.7. The van der Waals surface area contributed by atoms with Crippen LogP contribution in [0, 0.1) is 0 Å². The molecule has 2 aromatic heterocycles. The normalized spacial score (nSPS) is 10.4. The van der Waals surface area contributed by atoms with Crippen LogP contribution in [-0.2, 0) is 7.05 Å². The Bertz CT molecular complexity index is 473. The van der Waals surface area contributed by atoms with E-state index in [1.54, 1.807) is 19.3 Å². The van der Waals surface area contributed by atoms with Gasteiger partial charge in [0.05, 0.1) is 0 Å². The number of rotatable bonds is 2. The molecular weight excluding hydrogens is 188 g/mol. The van der Waals surface area contributed by atoms with E-state index in [1.165, 1.54) is 4.68 Å². The van der Waals surface area contributed by atoms with Crippen LogP contribution in [-0.4, -0.2) is 31.0 Å². The number of nitrogens with zero attached hydrogens (tertiary/aromatic N) is 4. The van der Waals surface area contributed by atoms with Gasteiger partial charge in [-0.05, 0) is 11.2 Å². The monoisotopic (exact) mass is 194 g/mol. The van der Waals surface area contributed by atoms with Gasteiger partial charge in [0.1, 0.15) is 5.69 Å². The van der Waals surface area contributed by atoms with Crippen molar-refractivity contribution in [3.8, 4) is 11.6 Å². The van der Waals surface area contributed by atoms with Crippen molar-refractivity contribution < 1.29 is 14.4 Å². The first-order valence-corrected chi connectivity index (χ1v) is 3.74. The van der Waals surface area contributed by atoms with Crippen molar-refractivity contribution in [2.45, 2.75) is 0 Å². The molecule has 2 heterocycles. The Balaban J connectivity index is 2.43. The second-order valence-corrected chi connectivity index (χ2v) is 2.57. The zero-order valence-corrected chi connectivity index (χ0v) is 7.21. The van der Waals surface area contributed by atoms with Gasteiger partial charge in [-0.15, -0.1) is 0 Å². The van der Waals surface area contributed by atoms with Crippen molar-refractivity contribution in [3.63, 3.8) is 0 Å². The SMILES string of the molecule is Cn1nccc1-c1nc(C(=O)O)no1. The Morgan fingerprint density at radius 2 is 2.43 bits per heavy atom. The van der Waals surface area contributed by atoms with Crippen molar-refractivity contribution in [1.82, 2.24) is 19.9 Å². The molecule has 0 amide bonds. The second kappa shape index (κ2) is 2.95. The molecule has 2 rings (SSSR count). The molecule has 2 aromatic rings. The number of carbonyl (C=O) groups is 1. The highest BCUT2D eigenvalue weighted by atomic mass is 16.5. The molecule has 0 atom stereocenters. The fraction of sp³-hybridized carbons (Fsp3) is 0.143. The van der Waals surface area contributed by atoms with Gasteiger partial charge in [0.25, 0.3) is 11.7 Å². The number of aryl methyl sites for hydroxylation is 1. The average Bonchev–Trinajstić information content (AvgIpc) is 2.71. The van der Waals surface area contributed by atoms with Crippen LogP contribution < -0.4 is 0 Å². The van der Waals surface area contributed by atoms with Crippen molar-refractivity contribution in [2.24, 2.45) is 7.05 Å². The Labute approximate surface area is 78.0 Å². The van der Waals surface area contributed by atoms with Crippen LogP contribution in [0.25, 0.3) is 11.6 Å². The van der Waals surface area contributed by atoms with E-state index in [1.807, 2.05) is 0 Å². The predicted octanol–water partition coefficient (Wildman–Crippen LogP) is 0.168. The maximum atomic E-state index is 10.5. The number of carboxylic acid groups (broad SMARTS) is 1. The molecule has 14 heavy (non-hydrogen) atoms. The van der Waals surface area contributed by atoms with Gasteiger partial charge in [-0.2, -0.15) is 10.1 Å². The highest BCUT2D eigenvalue weighted by Gasteiger charge is 2.15. The zero-order chi connectivity index (χ0) is 10.1. The van der Waals surface area contributed by atoms with E-state index < -0.39 is 5.97 Å². The third-order valence-electron chi connectivity index (χ3n) is 1.66. The molecule has 72 valence electrons. The molecule has 0 aliphatic rings. The van der Waals surface area contributed by atoms with Gasteiger partial charge in [-0.1, -0.05) is 0 Å². The van der Waals surface area contributed by atoms with E-state index in [4.69, 9.17) is 9.63 Å². The van der Waals surface area contributed by atoms with Gasteiger partial charge in [-0.25, -0.2) is 4.79 Å². The summed E-state index contributed by atoms with van der Waals surface area (Å²) in [4.78, 5) is 14.1. The molecule has 0 spiro atoms. The van der Waals surface area contributed by atoms with Gasteiger partial charge in [0.2, 0.25) is 0 Å². The van der Waals surface area contributed by atoms with Crippen LogP contribution >= 0.6 is 0 Å². The topological polar surface area (TPSA) is 94.0 Å². The van der Waals surface area contributed by atoms with Gasteiger partial charge >= 0.3 is 5.97 Å². The third-order valence-corrected chi connectivity index (χ3v) is 1.66. The molecule has 1 N–H and O–H groups in total. The Hall–Kier alpha value is -2.18. The number of aromatic carboxylic acids is 1. The van der Waals surface area contributed by atoms with E-state index in [2.05, 4.69) is 15.2 Å². The molecule has 0 fully saturated rings. The Morgan fingerprint density at radius 1 is 1.64 bits per heavy atom. The van der Waals surface area contributed by atoms with E-state index in [-0.39, 0.29) is 11.7 Å². The summed E-state index contributed by atoms with van der Waals surface area (Å²) in [6.07, 6.45) is 1.56. The zero-order valence-electron chi connectivity index (χ0n) is 7.21. The fourth-order valence-corrected chi connectivity index (χ4v) is 0.998. The Kier molecular flexibility index (Phi) is 1.77. The first-order chi connectivity index (χ1) is 6.68. The molecule has 0 aromatic carbocycles. The second-order valence-electron chi connectivity index (χ2n) is 2.57. The lowest BCUT2D eigenvalue weighted by atomic mass is 10.4. The molecule has 0 saturated heterocycles. The Morgan fingerprint density at radius 3 is 2.93 bits per heavy atom. The summed E-state index contributed by atoms with van der Waals surface area (Å²) in [5.41, 5.74) is 0.574. The quantitative estimate of drug-likeness (QED) is 0.732. The maximum absolute atomic E-state index is 10.5. The van der Waals surface area contributed by atoms with Crippen molar-refractivity contribution >= 4 is 5.97 Å².